The average molecular weight is 340 g/mol. The predicted octanol–water partition coefficient (Wildman–Crippen LogP) is 5.95. The van der Waals surface area contributed by atoms with Gasteiger partial charge in [-0.2, -0.15) is 0 Å². The molecule has 1 atom stereocenters. The highest BCUT2D eigenvalue weighted by Crippen LogP contribution is 2.26. The molecule has 2 aromatic carbocycles. The molecule has 2 rings (SSSR count). The molecule has 0 heterocycles. The second-order valence-corrected chi connectivity index (χ2v) is 5.97. The van der Waals surface area contributed by atoms with Crippen molar-refractivity contribution in [2.24, 2.45) is 0 Å². The Morgan fingerprint density at radius 1 is 0.952 bits per heavy atom. The SMILES string of the molecule is O=C(/C=C/c1ccc(Cl)cc1)C[C@@H](Cl)c1ccc(Cl)cc1. The highest BCUT2D eigenvalue weighted by Gasteiger charge is 2.11. The smallest absolute Gasteiger partial charge is 0.157 e. The fourth-order valence-electron chi connectivity index (χ4n) is 1.80. The molecule has 1 nitrogen and oxygen atoms in total. The monoisotopic (exact) mass is 338 g/mol. The second-order valence-electron chi connectivity index (χ2n) is 4.57. The summed E-state index contributed by atoms with van der Waals surface area (Å²) in [4.78, 5) is 11.9. The molecular formula is C17H13Cl3O. The Labute approximate surface area is 139 Å². The maximum atomic E-state index is 11.9. The third-order valence-corrected chi connectivity index (χ3v) is 3.85. The van der Waals surface area contributed by atoms with Crippen molar-refractivity contribution in [2.75, 3.05) is 0 Å². The van der Waals surface area contributed by atoms with Crippen LogP contribution in [0.25, 0.3) is 6.08 Å². The van der Waals surface area contributed by atoms with Gasteiger partial charge in [0.25, 0.3) is 0 Å². The lowest BCUT2D eigenvalue weighted by atomic mass is 10.1. The number of hydrogen-bond acceptors (Lipinski definition) is 1. The van der Waals surface area contributed by atoms with Crippen LogP contribution < -0.4 is 0 Å². The molecule has 0 aliphatic rings. The molecule has 0 unspecified atom stereocenters. The van der Waals surface area contributed by atoms with Gasteiger partial charge in [0.2, 0.25) is 0 Å². The normalized spacial score (nSPS) is 12.5. The minimum absolute atomic E-state index is 0.0279. The van der Waals surface area contributed by atoms with Crippen LogP contribution in [0.1, 0.15) is 22.9 Å². The molecule has 108 valence electrons. The van der Waals surface area contributed by atoms with Crippen molar-refractivity contribution in [3.63, 3.8) is 0 Å². The van der Waals surface area contributed by atoms with Gasteiger partial charge in [0.05, 0.1) is 5.38 Å². The number of halogens is 3. The minimum atomic E-state index is -0.357. The van der Waals surface area contributed by atoms with E-state index < -0.39 is 0 Å². The maximum absolute atomic E-state index is 11.9. The zero-order valence-electron chi connectivity index (χ0n) is 11.1. The highest BCUT2D eigenvalue weighted by molar-refractivity contribution is 6.31. The molecule has 0 aromatic heterocycles. The van der Waals surface area contributed by atoms with Crippen LogP contribution in [-0.4, -0.2) is 5.78 Å². The fraction of sp³-hybridized carbons (Fsp3) is 0.118. The molecule has 0 saturated heterocycles. The zero-order valence-corrected chi connectivity index (χ0v) is 13.4. The van der Waals surface area contributed by atoms with Crippen LogP contribution in [0.2, 0.25) is 10.0 Å². The predicted molar refractivity (Wildman–Crippen MR) is 90.2 cm³/mol. The summed E-state index contributed by atoms with van der Waals surface area (Å²) >= 11 is 17.9. The summed E-state index contributed by atoms with van der Waals surface area (Å²) in [5, 5.41) is 0.961. The summed E-state index contributed by atoms with van der Waals surface area (Å²) in [6.45, 7) is 0. The molecule has 21 heavy (non-hydrogen) atoms. The van der Waals surface area contributed by atoms with E-state index in [1.54, 1.807) is 30.3 Å². The van der Waals surface area contributed by atoms with E-state index in [4.69, 9.17) is 34.8 Å². The van der Waals surface area contributed by atoms with E-state index in [9.17, 15) is 4.79 Å². The molecule has 0 bridgehead atoms. The first-order valence-electron chi connectivity index (χ1n) is 6.40. The van der Waals surface area contributed by atoms with Gasteiger partial charge in [0.15, 0.2) is 5.78 Å². The van der Waals surface area contributed by atoms with Crippen molar-refractivity contribution < 1.29 is 4.79 Å². The Balaban J connectivity index is 1.94. The largest absolute Gasteiger partial charge is 0.295 e. The second kappa shape index (κ2) is 7.65. The molecule has 0 aliphatic heterocycles. The maximum Gasteiger partial charge on any atom is 0.157 e. The Bertz CT molecular complexity index is 630. The number of carbonyl (C=O) groups is 1. The number of carbonyl (C=O) groups excluding carboxylic acids is 1. The van der Waals surface area contributed by atoms with Gasteiger partial charge in [-0.1, -0.05) is 53.5 Å². The molecule has 0 spiro atoms. The van der Waals surface area contributed by atoms with Gasteiger partial charge < -0.3 is 0 Å². The van der Waals surface area contributed by atoms with Gasteiger partial charge in [-0.25, -0.2) is 0 Å². The van der Waals surface area contributed by atoms with Crippen LogP contribution in [-0.2, 0) is 4.79 Å². The molecule has 0 saturated carbocycles. The van der Waals surface area contributed by atoms with Gasteiger partial charge in [-0.05, 0) is 41.5 Å². The van der Waals surface area contributed by atoms with Gasteiger partial charge in [0, 0.05) is 16.5 Å². The van der Waals surface area contributed by atoms with E-state index in [2.05, 4.69) is 0 Å². The van der Waals surface area contributed by atoms with Crippen molar-refractivity contribution in [2.45, 2.75) is 11.8 Å². The van der Waals surface area contributed by atoms with E-state index in [1.807, 2.05) is 24.3 Å². The summed E-state index contributed by atoms with van der Waals surface area (Å²) in [5.41, 5.74) is 1.81. The van der Waals surface area contributed by atoms with Gasteiger partial charge in [-0.3, -0.25) is 4.79 Å². The van der Waals surface area contributed by atoms with Crippen molar-refractivity contribution in [3.05, 3.63) is 75.8 Å². The molecule has 0 amide bonds. The Kier molecular flexibility index (Phi) is 5.86. The summed E-state index contributed by atoms with van der Waals surface area (Å²) in [6.07, 6.45) is 3.53. The number of hydrogen-bond donors (Lipinski definition) is 0. The van der Waals surface area contributed by atoms with Crippen LogP contribution in [0.15, 0.2) is 54.6 Å². The first-order valence-corrected chi connectivity index (χ1v) is 7.60. The standard InChI is InChI=1S/C17H13Cl3O/c18-14-6-1-12(2-7-14)3-10-16(21)11-17(20)13-4-8-15(19)9-5-13/h1-10,17H,11H2/b10-3+/t17-/m1/s1. The Morgan fingerprint density at radius 3 is 2.05 bits per heavy atom. The Hall–Kier alpha value is -1.28. The number of allylic oxidation sites excluding steroid dienone is 1. The number of alkyl halides is 1. The molecule has 4 heteroatoms. The summed E-state index contributed by atoms with van der Waals surface area (Å²) in [7, 11) is 0. The van der Waals surface area contributed by atoms with Crippen LogP contribution in [0.5, 0.6) is 0 Å². The third-order valence-electron chi connectivity index (χ3n) is 2.94. The van der Waals surface area contributed by atoms with E-state index >= 15 is 0 Å². The third kappa shape index (κ3) is 5.20. The average Bonchev–Trinajstić information content (AvgIpc) is 2.47. The molecule has 0 aliphatic carbocycles. The van der Waals surface area contributed by atoms with E-state index in [1.165, 1.54) is 6.08 Å². The van der Waals surface area contributed by atoms with Gasteiger partial charge in [0.1, 0.15) is 0 Å². The molecule has 2 aromatic rings. The van der Waals surface area contributed by atoms with Crippen LogP contribution in [0, 0.1) is 0 Å². The lowest BCUT2D eigenvalue weighted by molar-refractivity contribution is -0.114. The molecular weight excluding hydrogens is 327 g/mol. The minimum Gasteiger partial charge on any atom is -0.295 e. The van der Waals surface area contributed by atoms with Gasteiger partial charge in [-0.15, -0.1) is 11.6 Å². The summed E-state index contributed by atoms with van der Waals surface area (Å²) in [6, 6.07) is 14.5. The Morgan fingerprint density at radius 2 is 1.48 bits per heavy atom. The summed E-state index contributed by atoms with van der Waals surface area (Å²) < 4.78 is 0. The lowest BCUT2D eigenvalue weighted by Gasteiger charge is -2.07. The van der Waals surface area contributed by atoms with Crippen LogP contribution >= 0.6 is 34.8 Å². The molecule has 0 fully saturated rings. The first kappa shape index (κ1) is 16.1. The quantitative estimate of drug-likeness (QED) is 0.486. The van der Waals surface area contributed by atoms with E-state index in [0.29, 0.717) is 10.0 Å². The summed E-state index contributed by atoms with van der Waals surface area (Å²) in [5.74, 6) is -0.0279. The van der Waals surface area contributed by atoms with Crippen LogP contribution in [0.4, 0.5) is 0 Å². The number of ketones is 1. The fourth-order valence-corrected chi connectivity index (χ4v) is 2.35. The highest BCUT2D eigenvalue weighted by atomic mass is 35.5. The zero-order chi connectivity index (χ0) is 15.2. The van der Waals surface area contributed by atoms with Crippen LogP contribution in [0.3, 0.4) is 0 Å². The van der Waals surface area contributed by atoms with E-state index in [-0.39, 0.29) is 17.6 Å². The van der Waals surface area contributed by atoms with Crippen molar-refractivity contribution >= 4 is 46.7 Å². The van der Waals surface area contributed by atoms with Gasteiger partial charge >= 0.3 is 0 Å². The van der Waals surface area contributed by atoms with Crippen molar-refractivity contribution in [1.29, 1.82) is 0 Å². The first-order chi connectivity index (χ1) is 10.0. The number of benzene rings is 2. The van der Waals surface area contributed by atoms with E-state index in [0.717, 1.165) is 11.1 Å². The number of rotatable bonds is 5. The van der Waals surface area contributed by atoms with Crippen molar-refractivity contribution in [1.82, 2.24) is 0 Å². The molecule has 0 N–H and O–H groups in total. The lowest BCUT2D eigenvalue weighted by Crippen LogP contribution is -1.99. The van der Waals surface area contributed by atoms with Crippen molar-refractivity contribution in [3.8, 4) is 0 Å². The molecule has 0 radical (unpaired) electrons. The topological polar surface area (TPSA) is 17.1 Å².